The van der Waals surface area contributed by atoms with Gasteiger partial charge < -0.3 is 20.3 Å². The van der Waals surface area contributed by atoms with Crippen LogP contribution in [0.15, 0.2) is 24.3 Å². The molecule has 19 heavy (non-hydrogen) atoms. The van der Waals surface area contributed by atoms with Gasteiger partial charge in [0.1, 0.15) is 6.04 Å². The van der Waals surface area contributed by atoms with Crippen molar-refractivity contribution in [2.24, 2.45) is 0 Å². The van der Waals surface area contributed by atoms with E-state index in [1.54, 1.807) is 12.1 Å². The van der Waals surface area contributed by atoms with Crippen LogP contribution in [0.1, 0.15) is 12.5 Å². The Balaban J connectivity index is 2.68. The molecule has 0 spiro atoms. The van der Waals surface area contributed by atoms with Crippen LogP contribution in [0.3, 0.4) is 0 Å². The molecule has 1 atom stereocenters. The average Bonchev–Trinajstić information content (AvgIpc) is 2.36. The van der Waals surface area contributed by atoms with E-state index in [0.29, 0.717) is 11.3 Å². The Hall–Kier alpha value is -2.50. The molecule has 0 fully saturated rings. The van der Waals surface area contributed by atoms with Crippen LogP contribution >= 0.6 is 0 Å². The standard InChI is InChI=1S/C13H15NO5/c1-8(13(17)18)14-12(16)6-4-9-3-5-11(19-2)10(15)7-9/h3-8,15H,1-2H3,(H,14,16)(H,17,18). The molecule has 0 heterocycles. The van der Waals surface area contributed by atoms with E-state index in [-0.39, 0.29) is 5.75 Å². The van der Waals surface area contributed by atoms with Gasteiger partial charge in [-0.3, -0.25) is 9.59 Å². The number of aromatic hydroxyl groups is 1. The van der Waals surface area contributed by atoms with Crippen LogP contribution in [0.4, 0.5) is 0 Å². The van der Waals surface area contributed by atoms with Crippen molar-refractivity contribution < 1.29 is 24.5 Å². The van der Waals surface area contributed by atoms with Crippen LogP contribution < -0.4 is 10.1 Å². The highest BCUT2D eigenvalue weighted by atomic mass is 16.5. The Bertz CT molecular complexity index is 510. The van der Waals surface area contributed by atoms with Gasteiger partial charge in [0.05, 0.1) is 7.11 Å². The second-order valence-corrected chi connectivity index (χ2v) is 3.83. The third-order valence-corrected chi connectivity index (χ3v) is 2.36. The highest BCUT2D eigenvalue weighted by Crippen LogP contribution is 2.26. The summed E-state index contributed by atoms with van der Waals surface area (Å²) >= 11 is 0. The zero-order valence-electron chi connectivity index (χ0n) is 10.6. The lowest BCUT2D eigenvalue weighted by molar-refractivity contribution is -0.140. The number of methoxy groups -OCH3 is 1. The molecule has 0 saturated heterocycles. The topological polar surface area (TPSA) is 95.9 Å². The van der Waals surface area contributed by atoms with Gasteiger partial charge in [-0.2, -0.15) is 0 Å². The van der Waals surface area contributed by atoms with Gasteiger partial charge in [-0.25, -0.2) is 0 Å². The van der Waals surface area contributed by atoms with Crippen LogP contribution in [-0.4, -0.2) is 35.2 Å². The number of phenols is 1. The van der Waals surface area contributed by atoms with E-state index in [2.05, 4.69) is 5.32 Å². The van der Waals surface area contributed by atoms with E-state index in [9.17, 15) is 14.7 Å². The summed E-state index contributed by atoms with van der Waals surface area (Å²) in [6.07, 6.45) is 2.66. The zero-order chi connectivity index (χ0) is 14.4. The summed E-state index contributed by atoms with van der Waals surface area (Å²) in [5, 5.41) is 20.4. The number of carboxylic acid groups (broad SMARTS) is 1. The number of carbonyl (C=O) groups excluding carboxylic acids is 1. The van der Waals surface area contributed by atoms with Gasteiger partial charge in [0.15, 0.2) is 11.5 Å². The first-order valence-electron chi connectivity index (χ1n) is 5.52. The van der Waals surface area contributed by atoms with Crippen molar-refractivity contribution >= 4 is 18.0 Å². The maximum atomic E-state index is 11.4. The molecule has 3 N–H and O–H groups in total. The molecular formula is C13H15NO5. The number of aliphatic carboxylic acids is 1. The normalized spacial score (nSPS) is 12.1. The lowest BCUT2D eigenvalue weighted by Crippen LogP contribution is -2.37. The van der Waals surface area contributed by atoms with Gasteiger partial charge >= 0.3 is 5.97 Å². The molecule has 6 heteroatoms. The Morgan fingerprint density at radius 3 is 2.63 bits per heavy atom. The van der Waals surface area contributed by atoms with Crippen molar-refractivity contribution in [1.29, 1.82) is 0 Å². The van der Waals surface area contributed by atoms with E-state index in [0.717, 1.165) is 0 Å². The minimum absolute atomic E-state index is 0.0380. The molecule has 1 rings (SSSR count). The number of hydrogen-bond donors (Lipinski definition) is 3. The fraction of sp³-hybridized carbons (Fsp3) is 0.231. The van der Waals surface area contributed by atoms with E-state index < -0.39 is 17.9 Å². The summed E-state index contributed by atoms with van der Waals surface area (Å²) < 4.78 is 4.89. The number of carbonyl (C=O) groups is 2. The molecular weight excluding hydrogens is 250 g/mol. The van der Waals surface area contributed by atoms with E-state index in [1.807, 2.05) is 0 Å². The molecule has 1 unspecified atom stereocenters. The van der Waals surface area contributed by atoms with Gasteiger partial charge in [0.25, 0.3) is 0 Å². The Morgan fingerprint density at radius 2 is 2.11 bits per heavy atom. The maximum Gasteiger partial charge on any atom is 0.325 e. The van der Waals surface area contributed by atoms with Gasteiger partial charge in [0.2, 0.25) is 5.91 Å². The number of amides is 1. The molecule has 0 aliphatic heterocycles. The summed E-state index contributed by atoms with van der Waals surface area (Å²) in [7, 11) is 1.44. The molecule has 0 radical (unpaired) electrons. The van der Waals surface area contributed by atoms with E-state index in [4.69, 9.17) is 9.84 Å². The molecule has 1 aromatic carbocycles. The van der Waals surface area contributed by atoms with Gasteiger partial charge in [-0.1, -0.05) is 6.07 Å². The Labute approximate surface area is 110 Å². The van der Waals surface area contributed by atoms with Gasteiger partial charge in [-0.05, 0) is 30.7 Å². The monoisotopic (exact) mass is 265 g/mol. The van der Waals surface area contributed by atoms with Crippen LogP contribution in [0.25, 0.3) is 6.08 Å². The Kier molecular flexibility index (Phi) is 4.93. The predicted octanol–water partition coefficient (Wildman–Crippen LogP) is 1.00. The molecule has 0 bridgehead atoms. The minimum Gasteiger partial charge on any atom is -0.504 e. The highest BCUT2D eigenvalue weighted by Gasteiger charge is 2.11. The van der Waals surface area contributed by atoms with Crippen molar-refractivity contribution in [2.75, 3.05) is 7.11 Å². The third kappa shape index (κ3) is 4.34. The molecule has 1 aromatic rings. The minimum atomic E-state index is -1.11. The average molecular weight is 265 g/mol. The smallest absolute Gasteiger partial charge is 0.325 e. The summed E-state index contributed by atoms with van der Waals surface area (Å²) in [6.45, 7) is 1.37. The molecule has 1 amide bonds. The zero-order valence-corrected chi connectivity index (χ0v) is 10.6. The number of nitrogens with one attached hydrogen (secondary N) is 1. The van der Waals surface area contributed by atoms with E-state index in [1.165, 1.54) is 32.3 Å². The highest BCUT2D eigenvalue weighted by molar-refractivity contribution is 5.94. The number of hydrogen-bond acceptors (Lipinski definition) is 4. The lowest BCUT2D eigenvalue weighted by atomic mass is 10.2. The second kappa shape index (κ2) is 6.44. The van der Waals surface area contributed by atoms with Crippen LogP contribution in [0.5, 0.6) is 11.5 Å². The number of benzene rings is 1. The second-order valence-electron chi connectivity index (χ2n) is 3.83. The Morgan fingerprint density at radius 1 is 1.42 bits per heavy atom. The van der Waals surface area contributed by atoms with Crippen LogP contribution in [0.2, 0.25) is 0 Å². The van der Waals surface area contributed by atoms with Gasteiger partial charge in [-0.15, -0.1) is 0 Å². The van der Waals surface area contributed by atoms with Crippen LogP contribution in [0, 0.1) is 0 Å². The summed E-state index contributed by atoms with van der Waals surface area (Å²) in [6, 6.07) is 3.69. The first-order valence-corrected chi connectivity index (χ1v) is 5.52. The third-order valence-electron chi connectivity index (χ3n) is 2.36. The first-order chi connectivity index (χ1) is 8.93. The van der Waals surface area contributed by atoms with Crippen molar-refractivity contribution in [2.45, 2.75) is 13.0 Å². The SMILES string of the molecule is COc1ccc(C=CC(=O)NC(C)C(=O)O)cc1O. The van der Waals surface area contributed by atoms with Crippen LogP contribution in [-0.2, 0) is 9.59 Å². The quantitative estimate of drug-likeness (QED) is 0.690. The molecule has 0 aromatic heterocycles. The molecule has 0 saturated carbocycles. The summed E-state index contributed by atoms with van der Waals surface area (Å²) in [4.78, 5) is 21.9. The van der Waals surface area contributed by atoms with Crippen molar-refractivity contribution in [3.8, 4) is 11.5 Å². The number of rotatable bonds is 5. The maximum absolute atomic E-state index is 11.4. The molecule has 0 aliphatic rings. The van der Waals surface area contributed by atoms with Crippen molar-refractivity contribution in [3.05, 3.63) is 29.8 Å². The van der Waals surface area contributed by atoms with E-state index >= 15 is 0 Å². The number of phenolic OH excluding ortho intramolecular Hbond substituents is 1. The van der Waals surface area contributed by atoms with Crippen molar-refractivity contribution in [1.82, 2.24) is 5.32 Å². The molecule has 0 aliphatic carbocycles. The number of carboxylic acids is 1. The van der Waals surface area contributed by atoms with Gasteiger partial charge in [0, 0.05) is 6.08 Å². The van der Waals surface area contributed by atoms with Crippen molar-refractivity contribution in [3.63, 3.8) is 0 Å². The largest absolute Gasteiger partial charge is 0.504 e. The molecule has 102 valence electrons. The predicted molar refractivity (Wildman–Crippen MR) is 68.9 cm³/mol. The molecule has 6 nitrogen and oxygen atoms in total. The first kappa shape index (κ1) is 14.6. The fourth-order valence-electron chi connectivity index (χ4n) is 1.31. The number of ether oxygens (including phenoxy) is 1. The summed E-state index contributed by atoms with van der Waals surface area (Å²) in [5.74, 6) is -1.33. The summed E-state index contributed by atoms with van der Waals surface area (Å²) in [5.41, 5.74) is 0.594. The fourth-order valence-corrected chi connectivity index (χ4v) is 1.31. The lowest BCUT2D eigenvalue weighted by Gasteiger charge is -2.06.